The summed E-state index contributed by atoms with van der Waals surface area (Å²) >= 11 is 11.8. The number of carbonyl (C=O) groups is 1. The van der Waals surface area contributed by atoms with Crippen molar-refractivity contribution in [1.82, 2.24) is 0 Å². The minimum absolute atomic E-state index is 0.0343. The molecule has 0 saturated carbocycles. The number of carboxylic acid groups (broad SMARTS) is 1. The summed E-state index contributed by atoms with van der Waals surface area (Å²) in [6.45, 7) is 1.90. The molecule has 0 amide bonds. The quantitative estimate of drug-likeness (QED) is 0.851. The van der Waals surface area contributed by atoms with Gasteiger partial charge in [-0.15, -0.1) is 0 Å². The maximum absolute atomic E-state index is 10.4. The van der Waals surface area contributed by atoms with E-state index in [1.54, 1.807) is 12.1 Å². The van der Waals surface area contributed by atoms with Crippen LogP contribution in [-0.4, -0.2) is 17.1 Å². The first-order chi connectivity index (χ1) is 7.50. The van der Waals surface area contributed by atoms with Gasteiger partial charge in [-0.2, -0.15) is 0 Å². The molecule has 16 heavy (non-hydrogen) atoms. The van der Waals surface area contributed by atoms with E-state index >= 15 is 0 Å². The Hall–Kier alpha value is -0.930. The van der Waals surface area contributed by atoms with E-state index in [0.29, 0.717) is 16.5 Å². The van der Waals surface area contributed by atoms with E-state index in [-0.39, 0.29) is 12.5 Å². The number of halogens is 2. The summed E-state index contributed by atoms with van der Waals surface area (Å²) in [4.78, 5) is 10.4. The molecular weight excluding hydrogens is 249 g/mol. The maximum atomic E-state index is 10.4. The molecular formula is C11H13Cl2NO2. The molecule has 2 N–H and O–H groups in total. The van der Waals surface area contributed by atoms with Gasteiger partial charge in [-0.3, -0.25) is 4.79 Å². The number of rotatable bonds is 5. The minimum atomic E-state index is -0.800. The molecule has 1 atom stereocenters. The summed E-state index contributed by atoms with van der Waals surface area (Å²) in [6, 6.07) is 5.34. The number of carboxylic acids is 1. The van der Waals surface area contributed by atoms with E-state index in [4.69, 9.17) is 28.3 Å². The SMILES string of the molecule is CC(CCC(=O)O)Nc1cccc(Cl)c1Cl. The summed E-state index contributed by atoms with van der Waals surface area (Å²) in [6.07, 6.45) is 0.671. The third-order valence-corrected chi connectivity index (χ3v) is 2.96. The Morgan fingerprint density at radius 3 is 2.81 bits per heavy atom. The van der Waals surface area contributed by atoms with Gasteiger partial charge < -0.3 is 10.4 Å². The Labute approximate surface area is 104 Å². The molecule has 88 valence electrons. The van der Waals surface area contributed by atoms with Crippen LogP contribution in [0.1, 0.15) is 19.8 Å². The van der Waals surface area contributed by atoms with Crippen molar-refractivity contribution >= 4 is 34.9 Å². The summed E-state index contributed by atoms with van der Waals surface area (Å²) < 4.78 is 0. The average Bonchev–Trinajstić information content (AvgIpc) is 2.22. The highest BCUT2D eigenvalue weighted by atomic mass is 35.5. The Morgan fingerprint density at radius 1 is 1.50 bits per heavy atom. The first kappa shape index (κ1) is 13.1. The largest absolute Gasteiger partial charge is 0.481 e. The zero-order valence-corrected chi connectivity index (χ0v) is 10.3. The van der Waals surface area contributed by atoms with Crippen LogP contribution in [0, 0.1) is 0 Å². The number of hydrogen-bond acceptors (Lipinski definition) is 2. The second-order valence-corrected chi connectivity index (χ2v) is 4.36. The van der Waals surface area contributed by atoms with Crippen LogP contribution in [0.15, 0.2) is 18.2 Å². The molecule has 0 aliphatic heterocycles. The molecule has 0 aromatic heterocycles. The molecule has 0 aliphatic carbocycles. The molecule has 0 aliphatic rings. The number of nitrogens with one attached hydrogen (secondary N) is 1. The van der Waals surface area contributed by atoms with Gasteiger partial charge in [0, 0.05) is 12.5 Å². The predicted octanol–water partition coefficient (Wildman–Crippen LogP) is 3.66. The van der Waals surface area contributed by atoms with Crippen molar-refractivity contribution in [2.75, 3.05) is 5.32 Å². The molecule has 1 unspecified atom stereocenters. The Morgan fingerprint density at radius 2 is 2.19 bits per heavy atom. The second-order valence-electron chi connectivity index (χ2n) is 3.58. The van der Waals surface area contributed by atoms with Crippen LogP contribution in [-0.2, 0) is 4.79 Å². The van der Waals surface area contributed by atoms with E-state index in [2.05, 4.69) is 5.32 Å². The Kier molecular flexibility index (Phi) is 4.90. The number of benzene rings is 1. The molecule has 0 heterocycles. The molecule has 0 fully saturated rings. The van der Waals surface area contributed by atoms with Gasteiger partial charge in [-0.05, 0) is 25.5 Å². The van der Waals surface area contributed by atoms with E-state index in [1.165, 1.54) is 0 Å². The summed E-state index contributed by atoms with van der Waals surface area (Å²) in [5.41, 5.74) is 0.729. The molecule has 1 aromatic rings. The van der Waals surface area contributed by atoms with Crippen molar-refractivity contribution in [3.63, 3.8) is 0 Å². The van der Waals surface area contributed by atoms with E-state index in [0.717, 1.165) is 5.69 Å². The predicted molar refractivity (Wildman–Crippen MR) is 66.4 cm³/mol. The van der Waals surface area contributed by atoms with Gasteiger partial charge in [0.2, 0.25) is 0 Å². The fourth-order valence-electron chi connectivity index (χ4n) is 1.29. The van der Waals surface area contributed by atoms with Gasteiger partial charge in [-0.1, -0.05) is 29.3 Å². The van der Waals surface area contributed by atoms with E-state index < -0.39 is 5.97 Å². The third kappa shape index (κ3) is 3.91. The van der Waals surface area contributed by atoms with Gasteiger partial charge in [-0.25, -0.2) is 0 Å². The lowest BCUT2D eigenvalue weighted by molar-refractivity contribution is -0.137. The maximum Gasteiger partial charge on any atom is 0.303 e. The van der Waals surface area contributed by atoms with Gasteiger partial charge >= 0.3 is 5.97 Å². The third-order valence-electron chi connectivity index (χ3n) is 2.14. The molecule has 5 heteroatoms. The Bertz CT molecular complexity index is 382. The van der Waals surface area contributed by atoms with Gasteiger partial charge in [0.15, 0.2) is 0 Å². The first-order valence-corrected chi connectivity index (χ1v) is 5.68. The van der Waals surface area contributed by atoms with Crippen molar-refractivity contribution < 1.29 is 9.90 Å². The zero-order valence-electron chi connectivity index (χ0n) is 8.84. The molecule has 0 saturated heterocycles. The molecule has 1 rings (SSSR count). The fraction of sp³-hybridized carbons (Fsp3) is 0.364. The number of hydrogen-bond donors (Lipinski definition) is 2. The molecule has 0 bridgehead atoms. The fourth-order valence-corrected chi connectivity index (χ4v) is 1.65. The normalized spacial score (nSPS) is 12.2. The zero-order chi connectivity index (χ0) is 12.1. The van der Waals surface area contributed by atoms with Crippen LogP contribution in [0.2, 0.25) is 10.0 Å². The van der Waals surface area contributed by atoms with E-state index in [9.17, 15) is 4.79 Å². The highest BCUT2D eigenvalue weighted by molar-refractivity contribution is 6.43. The topological polar surface area (TPSA) is 49.3 Å². The van der Waals surface area contributed by atoms with E-state index in [1.807, 2.05) is 13.0 Å². The molecule has 1 aromatic carbocycles. The summed E-state index contributed by atoms with van der Waals surface area (Å²) in [5.74, 6) is -0.800. The van der Waals surface area contributed by atoms with Crippen LogP contribution in [0.3, 0.4) is 0 Å². The lowest BCUT2D eigenvalue weighted by Crippen LogP contribution is -2.16. The number of aliphatic carboxylic acids is 1. The van der Waals surface area contributed by atoms with Crippen molar-refractivity contribution in [2.45, 2.75) is 25.8 Å². The summed E-state index contributed by atoms with van der Waals surface area (Å²) in [5, 5.41) is 12.6. The van der Waals surface area contributed by atoms with Crippen LogP contribution < -0.4 is 5.32 Å². The second kappa shape index (κ2) is 5.97. The lowest BCUT2D eigenvalue weighted by Gasteiger charge is -2.15. The van der Waals surface area contributed by atoms with Crippen LogP contribution >= 0.6 is 23.2 Å². The Balaban J connectivity index is 2.59. The van der Waals surface area contributed by atoms with Crippen molar-refractivity contribution in [2.24, 2.45) is 0 Å². The molecule has 0 spiro atoms. The highest BCUT2D eigenvalue weighted by Crippen LogP contribution is 2.30. The number of anilines is 1. The monoisotopic (exact) mass is 261 g/mol. The van der Waals surface area contributed by atoms with Crippen LogP contribution in [0.25, 0.3) is 0 Å². The molecule has 0 radical (unpaired) electrons. The first-order valence-electron chi connectivity index (χ1n) is 4.93. The average molecular weight is 262 g/mol. The van der Waals surface area contributed by atoms with Crippen molar-refractivity contribution in [3.05, 3.63) is 28.2 Å². The standard InChI is InChI=1S/C11H13Cl2NO2/c1-7(5-6-10(15)16)14-9-4-2-3-8(12)11(9)13/h2-4,7,14H,5-6H2,1H3,(H,15,16). The van der Waals surface area contributed by atoms with Gasteiger partial charge in [0.05, 0.1) is 15.7 Å². The molecule has 3 nitrogen and oxygen atoms in total. The van der Waals surface area contributed by atoms with Gasteiger partial charge in [0.25, 0.3) is 0 Å². The highest BCUT2D eigenvalue weighted by Gasteiger charge is 2.09. The van der Waals surface area contributed by atoms with Gasteiger partial charge in [0.1, 0.15) is 0 Å². The van der Waals surface area contributed by atoms with Crippen molar-refractivity contribution in [3.8, 4) is 0 Å². The lowest BCUT2D eigenvalue weighted by atomic mass is 10.1. The van der Waals surface area contributed by atoms with Crippen LogP contribution in [0.5, 0.6) is 0 Å². The minimum Gasteiger partial charge on any atom is -0.481 e. The smallest absolute Gasteiger partial charge is 0.303 e. The van der Waals surface area contributed by atoms with Crippen molar-refractivity contribution in [1.29, 1.82) is 0 Å². The summed E-state index contributed by atoms with van der Waals surface area (Å²) in [7, 11) is 0. The van der Waals surface area contributed by atoms with Crippen LogP contribution in [0.4, 0.5) is 5.69 Å².